The molecule has 0 bridgehead atoms. The van der Waals surface area contributed by atoms with E-state index in [0.717, 1.165) is 18.7 Å². The van der Waals surface area contributed by atoms with Crippen molar-refractivity contribution in [2.45, 2.75) is 26.3 Å². The number of hydrogen-bond acceptors (Lipinski definition) is 4. The van der Waals surface area contributed by atoms with Crippen LogP contribution >= 0.6 is 0 Å². The first-order valence-corrected chi connectivity index (χ1v) is 5.60. The molecule has 0 saturated heterocycles. The summed E-state index contributed by atoms with van der Waals surface area (Å²) in [6, 6.07) is 4.22. The van der Waals surface area contributed by atoms with Crippen molar-refractivity contribution < 1.29 is 9.47 Å². The van der Waals surface area contributed by atoms with E-state index in [-0.39, 0.29) is 0 Å². The lowest BCUT2D eigenvalue weighted by atomic mass is 10.2. The van der Waals surface area contributed by atoms with E-state index in [2.05, 4.69) is 17.2 Å². The minimum atomic E-state index is 0.375. The van der Waals surface area contributed by atoms with Gasteiger partial charge in [-0.3, -0.25) is 0 Å². The molecule has 90 valence electrons. The predicted molar refractivity (Wildman–Crippen MR) is 65.0 cm³/mol. The summed E-state index contributed by atoms with van der Waals surface area (Å²) in [6.07, 6.45) is 2.76. The lowest BCUT2D eigenvalue weighted by Gasteiger charge is -2.14. The van der Waals surface area contributed by atoms with Crippen LogP contribution in [0.2, 0.25) is 0 Å². The molecule has 1 unspecified atom stereocenters. The maximum absolute atomic E-state index is 5.27. The first-order valence-electron chi connectivity index (χ1n) is 5.60. The topological polar surface area (TPSA) is 43.4 Å². The molecule has 4 heteroatoms. The van der Waals surface area contributed by atoms with Crippen LogP contribution in [0.1, 0.15) is 20.3 Å². The molecular formula is C12H20N2O2. The lowest BCUT2D eigenvalue weighted by molar-refractivity contribution is 0.191. The van der Waals surface area contributed by atoms with Crippen LogP contribution < -0.4 is 10.1 Å². The molecule has 1 aromatic rings. The van der Waals surface area contributed by atoms with Crippen molar-refractivity contribution in [2.75, 3.05) is 25.6 Å². The molecule has 0 amide bonds. The van der Waals surface area contributed by atoms with E-state index in [4.69, 9.17) is 9.47 Å². The van der Waals surface area contributed by atoms with Crippen LogP contribution in [-0.4, -0.2) is 31.3 Å². The fourth-order valence-electron chi connectivity index (χ4n) is 1.35. The number of nitrogens with zero attached hydrogens (tertiary/aromatic N) is 1. The monoisotopic (exact) mass is 224 g/mol. The van der Waals surface area contributed by atoms with Crippen molar-refractivity contribution in [3.63, 3.8) is 0 Å². The standard InChI is InChI=1S/C12H20N2O2/c1-4-16-12-6-5-11(9-13-12)14-10(2)7-8-15-3/h5-6,9-10,14H,4,7-8H2,1-3H3. The van der Waals surface area contributed by atoms with Crippen molar-refractivity contribution in [2.24, 2.45) is 0 Å². The number of pyridine rings is 1. The van der Waals surface area contributed by atoms with Gasteiger partial charge in [0.25, 0.3) is 0 Å². The number of hydrogen-bond donors (Lipinski definition) is 1. The summed E-state index contributed by atoms with van der Waals surface area (Å²) >= 11 is 0. The molecule has 0 fully saturated rings. The molecular weight excluding hydrogens is 204 g/mol. The van der Waals surface area contributed by atoms with Crippen LogP contribution in [0, 0.1) is 0 Å². The normalized spacial score (nSPS) is 12.2. The van der Waals surface area contributed by atoms with Crippen molar-refractivity contribution in [1.29, 1.82) is 0 Å². The third kappa shape index (κ3) is 4.49. The number of nitrogens with one attached hydrogen (secondary N) is 1. The summed E-state index contributed by atoms with van der Waals surface area (Å²) in [5.74, 6) is 0.664. The predicted octanol–water partition coefficient (Wildman–Crippen LogP) is 2.32. The Kier molecular flexibility index (Phi) is 5.64. The zero-order valence-electron chi connectivity index (χ0n) is 10.2. The summed E-state index contributed by atoms with van der Waals surface area (Å²) in [4.78, 5) is 4.19. The Labute approximate surface area is 97.0 Å². The van der Waals surface area contributed by atoms with Crippen LogP contribution in [-0.2, 0) is 4.74 Å². The molecule has 0 spiro atoms. The lowest BCUT2D eigenvalue weighted by Crippen LogP contribution is -2.17. The van der Waals surface area contributed by atoms with Gasteiger partial charge in [0.15, 0.2) is 0 Å². The minimum absolute atomic E-state index is 0.375. The van der Waals surface area contributed by atoms with Crippen molar-refractivity contribution >= 4 is 5.69 Å². The molecule has 16 heavy (non-hydrogen) atoms. The molecule has 1 aromatic heterocycles. The molecule has 0 aliphatic rings. The van der Waals surface area contributed by atoms with Gasteiger partial charge in [-0.05, 0) is 26.3 Å². The largest absolute Gasteiger partial charge is 0.478 e. The van der Waals surface area contributed by atoms with Crippen molar-refractivity contribution in [3.8, 4) is 5.88 Å². The van der Waals surface area contributed by atoms with Gasteiger partial charge in [0, 0.05) is 25.8 Å². The number of ether oxygens (including phenoxy) is 2. The first-order chi connectivity index (χ1) is 7.76. The Balaban J connectivity index is 2.41. The molecule has 0 aliphatic carbocycles. The Hall–Kier alpha value is -1.29. The van der Waals surface area contributed by atoms with Gasteiger partial charge < -0.3 is 14.8 Å². The molecule has 4 nitrogen and oxygen atoms in total. The minimum Gasteiger partial charge on any atom is -0.478 e. The van der Waals surface area contributed by atoms with E-state index in [9.17, 15) is 0 Å². The molecule has 1 N–H and O–H groups in total. The average Bonchev–Trinajstić information content (AvgIpc) is 2.29. The Morgan fingerprint density at radius 3 is 2.81 bits per heavy atom. The van der Waals surface area contributed by atoms with Gasteiger partial charge in [0.2, 0.25) is 5.88 Å². The summed E-state index contributed by atoms with van der Waals surface area (Å²) < 4.78 is 10.3. The average molecular weight is 224 g/mol. The van der Waals surface area contributed by atoms with E-state index in [1.165, 1.54) is 0 Å². The summed E-state index contributed by atoms with van der Waals surface area (Å²) in [5.41, 5.74) is 1.01. The molecule has 0 radical (unpaired) electrons. The molecule has 1 atom stereocenters. The zero-order chi connectivity index (χ0) is 11.8. The van der Waals surface area contributed by atoms with Crippen LogP contribution in [0.15, 0.2) is 18.3 Å². The molecule has 0 saturated carbocycles. The quantitative estimate of drug-likeness (QED) is 0.772. The van der Waals surface area contributed by atoms with E-state index in [1.807, 2.05) is 19.1 Å². The van der Waals surface area contributed by atoms with Gasteiger partial charge in [-0.25, -0.2) is 4.98 Å². The maximum atomic E-state index is 5.27. The van der Waals surface area contributed by atoms with Gasteiger partial charge in [-0.15, -0.1) is 0 Å². The van der Waals surface area contributed by atoms with Gasteiger partial charge >= 0.3 is 0 Å². The second-order valence-electron chi connectivity index (χ2n) is 3.64. The molecule has 0 aromatic carbocycles. The van der Waals surface area contributed by atoms with Gasteiger partial charge in [0.1, 0.15) is 0 Å². The fourth-order valence-corrected chi connectivity index (χ4v) is 1.35. The Morgan fingerprint density at radius 2 is 2.25 bits per heavy atom. The number of aromatic nitrogens is 1. The summed E-state index contributed by atoms with van der Waals surface area (Å²) in [5, 5.41) is 3.35. The zero-order valence-corrected chi connectivity index (χ0v) is 10.2. The smallest absolute Gasteiger partial charge is 0.213 e. The second-order valence-corrected chi connectivity index (χ2v) is 3.64. The number of methoxy groups -OCH3 is 1. The highest BCUT2D eigenvalue weighted by atomic mass is 16.5. The Bertz CT molecular complexity index is 288. The van der Waals surface area contributed by atoms with E-state index >= 15 is 0 Å². The third-order valence-corrected chi connectivity index (χ3v) is 2.20. The van der Waals surface area contributed by atoms with Gasteiger partial charge in [-0.1, -0.05) is 0 Å². The third-order valence-electron chi connectivity index (χ3n) is 2.20. The Morgan fingerprint density at radius 1 is 1.44 bits per heavy atom. The van der Waals surface area contributed by atoms with E-state index in [1.54, 1.807) is 13.3 Å². The van der Waals surface area contributed by atoms with Crippen LogP contribution in [0.4, 0.5) is 5.69 Å². The van der Waals surface area contributed by atoms with Crippen molar-refractivity contribution in [1.82, 2.24) is 4.98 Å². The van der Waals surface area contributed by atoms with E-state index < -0.39 is 0 Å². The summed E-state index contributed by atoms with van der Waals surface area (Å²) in [6.45, 7) is 5.47. The van der Waals surface area contributed by atoms with Gasteiger partial charge in [0.05, 0.1) is 18.5 Å². The summed E-state index contributed by atoms with van der Waals surface area (Å²) in [7, 11) is 1.71. The highest BCUT2D eigenvalue weighted by Gasteiger charge is 2.02. The van der Waals surface area contributed by atoms with Crippen LogP contribution in [0.5, 0.6) is 5.88 Å². The second kappa shape index (κ2) is 7.06. The number of anilines is 1. The van der Waals surface area contributed by atoms with Crippen LogP contribution in [0.25, 0.3) is 0 Å². The maximum Gasteiger partial charge on any atom is 0.213 e. The molecule has 1 heterocycles. The molecule has 1 rings (SSSR count). The fraction of sp³-hybridized carbons (Fsp3) is 0.583. The highest BCUT2D eigenvalue weighted by molar-refractivity contribution is 5.42. The van der Waals surface area contributed by atoms with Crippen LogP contribution in [0.3, 0.4) is 0 Å². The SMILES string of the molecule is CCOc1ccc(NC(C)CCOC)cn1. The van der Waals surface area contributed by atoms with E-state index in [0.29, 0.717) is 18.5 Å². The van der Waals surface area contributed by atoms with Crippen molar-refractivity contribution in [3.05, 3.63) is 18.3 Å². The number of rotatable bonds is 7. The molecule has 0 aliphatic heterocycles. The highest BCUT2D eigenvalue weighted by Crippen LogP contribution is 2.13. The first kappa shape index (κ1) is 12.8. The van der Waals surface area contributed by atoms with Gasteiger partial charge in [-0.2, -0.15) is 0 Å².